The molecule has 0 bridgehead atoms. The molecule has 0 aliphatic rings. The Kier molecular flexibility index (Phi) is 1.11. The second kappa shape index (κ2) is 1.77. The average Bonchev–Trinajstić information content (AvgIpc) is 2.13. The number of hydrogen-bond acceptors (Lipinski definition) is 3. The molecule has 48 valence electrons. The minimum Gasteiger partial charge on any atom is -0.382 e. The van der Waals surface area contributed by atoms with Crippen molar-refractivity contribution >= 4 is 11.7 Å². The van der Waals surface area contributed by atoms with E-state index < -0.39 is 5.91 Å². The van der Waals surface area contributed by atoms with Gasteiger partial charge in [0.1, 0.15) is 5.69 Å². The number of carbonyl (C=O) groups excluding carboxylic acids is 1. The van der Waals surface area contributed by atoms with Gasteiger partial charge in [-0.1, -0.05) is 0 Å². The largest absolute Gasteiger partial charge is 0.382 e. The molecule has 0 aliphatic heterocycles. The first-order valence-corrected chi connectivity index (χ1v) is 2.30. The van der Waals surface area contributed by atoms with Crippen LogP contribution in [-0.4, -0.2) is 15.9 Å². The van der Waals surface area contributed by atoms with Crippen LogP contribution in [0.3, 0.4) is 0 Å². The van der Waals surface area contributed by atoms with Crippen LogP contribution in [0.5, 0.6) is 0 Å². The van der Waals surface area contributed by atoms with E-state index >= 15 is 0 Å². The number of aromatic nitrogens is 2. The highest BCUT2D eigenvalue weighted by atomic mass is 16.2. The summed E-state index contributed by atoms with van der Waals surface area (Å²) >= 11 is 0. The van der Waals surface area contributed by atoms with Crippen molar-refractivity contribution in [1.82, 2.24) is 9.97 Å². The zero-order valence-corrected chi connectivity index (χ0v) is 4.59. The molecule has 1 rings (SSSR count). The molecule has 1 aromatic rings. The van der Waals surface area contributed by atoms with Crippen LogP contribution in [-0.2, 0) is 0 Å². The Morgan fingerprint density at radius 2 is 2.44 bits per heavy atom. The third-order valence-electron chi connectivity index (χ3n) is 0.915. The number of hydrogen-bond donors (Lipinski definition) is 3. The number of nitrogens with two attached hydrogens (primary N) is 2. The van der Waals surface area contributed by atoms with Gasteiger partial charge in [-0.05, 0) is 0 Å². The summed E-state index contributed by atoms with van der Waals surface area (Å²) in [7, 11) is 0. The van der Waals surface area contributed by atoms with Crippen molar-refractivity contribution in [2.45, 2.75) is 0 Å². The summed E-state index contributed by atoms with van der Waals surface area (Å²) < 4.78 is 0. The van der Waals surface area contributed by atoms with Gasteiger partial charge in [0.15, 0.2) is 5.82 Å². The van der Waals surface area contributed by atoms with Gasteiger partial charge in [0.05, 0.1) is 6.33 Å². The van der Waals surface area contributed by atoms with Crippen molar-refractivity contribution in [3.8, 4) is 0 Å². The number of H-pyrrole nitrogens is 1. The Labute approximate surface area is 51.1 Å². The van der Waals surface area contributed by atoms with Gasteiger partial charge in [-0.2, -0.15) is 0 Å². The number of nitrogens with one attached hydrogen (secondary N) is 1. The lowest BCUT2D eigenvalue weighted by molar-refractivity contribution is 0.0997. The first kappa shape index (κ1) is 5.61. The van der Waals surface area contributed by atoms with Gasteiger partial charge in [-0.3, -0.25) is 4.79 Å². The standard InChI is InChI=1S/C4H6N4O/c5-3-2(4(6)9)7-1-8-3/h1H,5H2,(H2,6,9)(H,7,8)/i2+1,3+1,7+1. The van der Waals surface area contributed by atoms with E-state index in [2.05, 4.69) is 9.97 Å². The van der Waals surface area contributed by atoms with E-state index in [4.69, 9.17) is 11.5 Å². The first-order chi connectivity index (χ1) is 4.22. The molecule has 0 fully saturated rings. The third kappa shape index (κ3) is 0.835. The van der Waals surface area contributed by atoms with E-state index in [1.807, 2.05) is 0 Å². The minimum absolute atomic E-state index is 0.141. The van der Waals surface area contributed by atoms with Gasteiger partial charge >= 0.3 is 0 Å². The Bertz CT molecular complexity index is 228. The van der Waals surface area contributed by atoms with Gasteiger partial charge in [-0.15, -0.1) is 0 Å². The van der Waals surface area contributed by atoms with Crippen LogP contribution < -0.4 is 11.5 Å². The molecule has 5 heteroatoms. The fourth-order valence-corrected chi connectivity index (χ4v) is 0.502. The second-order valence-electron chi connectivity index (χ2n) is 1.53. The van der Waals surface area contributed by atoms with E-state index in [0.717, 1.165) is 0 Å². The van der Waals surface area contributed by atoms with Crippen molar-refractivity contribution in [2.75, 3.05) is 5.73 Å². The molecule has 0 aliphatic carbocycles. The quantitative estimate of drug-likeness (QED) is 0.457. The van der Waals surface area contributed by atoms with E-state index in [1.54, 1.807) is 0 Å². The number of aromatic amines is 1. The zero-order chi connectivity index (χ0) is 6.85. The Hall–Kier alpha value is -1.52. The highest BCUT2D eigenvalue weighted by molar-refractivity contribution is 5.94. The van der Waals surface area contributed by atoms with E-state index in [0.29, 0.717) is 0 Å². The topological polar surface area (TPSA) is 97.8 Å². The van der Waals surface area contributed by atoms with Crippen LogP contribution in [0.25, 0.3) is 0 Å². The van der Waals surface area contributed by atoms with Gasteiger partial charge in [0.2, 0.25) is 0 Å². The van der Waals surface area contributed by atoms with E-state index in [-0.39, 0.29) is 11.5 Å². The summed E-state index contributed by atoms with van der Waals surface area (Å²) in [6.07, 6.45) is 1.31. The van der Waals surface area contributed by atoms with Crippen molar-refractivity contribution < 1.29 is 4.79 Å². The molecule has 1 aromatic heterocycles. The molecule has 1 heterocycles. The lowest BCUT2D eigenvalue weighted by atomic mass is 10.9. The number of primary amides is 1. The summed E-state index contributed by atoms with van der Waals surface area (Å²) in [4.78, 5) is 16.4. The number of imidazole rings is 1. The van der Waals surface area contributed by atoms with Crippen LogP contribution in [0.4, 0.5) is 5.82 Å². The maximum atomic E-state index is 10.4. The maximum absolute atomic E-state index is 10.4. The summed E-state index contributed by atoms with van der Waals surface area (Å²) in [5.74, 6) is -0.451. The molecule has 1 amide bonds. The molecule has 0 saturated carbocycles. The molecule has 0 spiro atoms. The predicted molar refractivity (Wildman–Crippen MR) is 31.5 cm³/mol. The van der Waals surface area contributed by atoms with Crippen LogP contribution in [0.15, 0.2) is 6.33 Å². The smallest absolute Gasteiger partial charge is 0.269 e. The highest BCUT2D eigenvalue weighted by Crippen LogP contribution is 2.00. The summed E-state index contributed by atoms with van der Waals surface area (Å²) in [5.41, 5.74) is 10.2. The van der Waals surface area contributed by atoms with Crippen molar-refractivity contribution in [3.63, 3.8) is 0 Å². The molecule has 0 atom stereocenters. The third-order valence-corrected chi connectivity index (χ3v) is 0.915. The van der Waals surface area contributed by atoms with Crippen molar-refractivity contribution in [3.05, 3.63) is 12.0 Å². The second-order valence-corrected chi connectivity index (χ2v) is 1.53. The van der Waals surface area contributed by atoms with E-state index in [1.165, 1.54) is 6.33 Å². The molecule has 0 radical (unpaired) electrons. The highest BCUT2D eigenvalue weighted by Gasteiger charge is 2.05. The van der Waals surface area contributed by atoms with Gasteiger partial charge < -0.3 is 16.5 Å². The van der Waals surface area contributed by atoms with Crippen LogP contribution in [0.1, 0.15) is 10.5 Å². The molecule has 5 N–H and O–H groups in total. The minimum atomic E-state index is -0.593. The lowest BCUT2D eigenvalue weighted by Gasteiger charge is -1.87. The zero-order valence-electron chi connectivity index (χ0n) is 4.59. The Morgan fingerprint density at radius 3 is 2.67 bits per heavy atom. The fraction of sp³-hybridized carbons (Fsp3) is 0. The Morgan fingerprint density at radius 1 is 1.78 bits per heavy atom. The van der Waals surface area contributed by atoms with Crippen LogP contribution in [0.2, 0.25) is 0 Å². The number of amides is 1. The summed E-state index contributed by atoms with van der Waals surface area (Å²) in [6, 6.07) is 0. The molecule has 0 unspecified atom stereocenters. The molecule has 9 heavy (non-hydrogen) atoms. The van der Waals surface area contributed by atoms with Crippen LogP contribution in [0, 0.1) is 0 Å². The number of anilines is 1. The fourth-order valence-electron chi connectivity index (χ4n) is 0.502. The van der Waals surface area contributed by atoms with Gasteiger partial charge in [0.25, 0.3) is 5.91 Å². The average molecular weight is 129 g/mol. The maximum Gasteiger partial charge on any atom is 0.269 e. The summed E-state index contributed by atoms with van der Waals surface area (Å²) in [6.45, 7) is 0. The number of carbonyl (C=O) groups is 1. The number of nitrogens with zero attached hydrogens (tertiary/aromatic N) is 1. The molecular weight excluding hydrogens is 123 g/mol. The van der Waals surface area contributed by atoms with Crippen molar-refractivity contribution in [1.29, 1.82) is 0 Å². The monoisotopic (exact) mass is 129 g/mol. The SMILES string of the molecule is NC(=O)[13c]1[15nH]cn[13c]1N. The van der Waals surface area contributed by atoms with Crippen molar-refractivity contribution in [2.24, 2.45) is 5.73 Å². The summed E-state index contributed by atoms with van der Waals surface area (Å²) in [5, 5.41) is 0. The molecule has 5 nitrogen and oxygen atoms in total. The molecular formula is C4H6N4O. The van der Waals surface area contributed by atoms with Gasteiger partial charge in [-0.25, -0.2) is 4.98 Å². The number of nitrogen functional groups attached to an aromatic ring is 1. The van der Waals surface area contributed by atoms with E-state index in [9.17, 15) is 4.79 Å². The normalized spacial score (nSPS) is 9.33. The van der Waals surface area contributed by atoms with Crippen LogP contribution >= 0.6 is 0 Å². The number of rotatable bonds is 1. The van der Waals surface area contributed by atoms with Gasteiger partial charge in [0, 0.05) is 0 Å². The molecule has 0 aromatic carbocycles. The lowest BCUT2D eigenvalue weighted by Crippen LogP contribution is -2.13. The predicted octanol–water partition coefficient (Wildman–Crippen LogP) is -0.909. The first-order valence-electron chi connectivity index (χ1n) is 2.30. The molecule has 0 saturated heterocycles. The Balaban J connectivity index is 3.08.